The van der Waals surface area contributed by atoms with Crippen molar-refractivity contribution < 1.29 is 4.79 Å². The number of carbonyl (C=O) groups is 1. The summed E-state index contributed by atoms with van der Waals surface area (Å²) in [4.78, 5) is 10.7. The predicted octanol–water partition coefficient (Wildman–Crippen LogP) is 2.26. The molecule has 11 heavy (non-hydrogen) atoms. The second-order valence-electron chi connectivity index (χ2n) is 2.72. The molecule has 0 heterocycles. The average Bonchev–Trinajstić information content (AvgIpc) is 2.14. The number of carbonyl (C=O) groups excluding carboxylic acids is 1. The summed E-state index contributed by atoms with van der Waals surface area (Å²) >= 11 is 0. The quantitative estimate of drug-likeness (QED) is 0.587. The molecule has 0 N–H and O–H groups in total. The summed E-state index contributed by atoms with van der Waals surface area (Å²) in [5, 5.41) is 0. The molecule has 0 saturated heterocycles. The molecule has 0 aliphatic heterocycles. The molecule has 0 radical (unpaired) electrons. The molecule has 0 unspecified atom stereocenters. The Hall–Kier alpha value is -1.11. The Morgan fingerprint density at radius 1 is 1.18 bits per heavy atom. The van der Waals surface area contributed by atoms with Gasteiger partial charge in [-0.25, -0.2) is 0 Å². The number of hydrogen-bond acceptors (Lipinski definition) is 1. The monoisotopic (exact) mass is 148 g/mol. The van der Waals surface area contributed by atoms with Crippen molar-refractivity contribution in [1.82, 2.24) is 0 Å². The fraction of sp³-hybridized carbons (Fsp3) is 0.300. The van der Waals surface area contributed by atoms with Crippen LogP contribution < -0.4 is 0 Å². The summed E-state index contributed by atoms with van der Waals surface area (Å²) in [6.07, 6.45) is 12.6. The first-order chi connectivity index (χ1) is 5.29. The van der Waals surface area contributed by atoms with Crippen molar-refractivity contribution in [2.24, 2.45) is 5.92 Å². The molecule has 58 valence electrons. The van der Waals surface area contributed by atoms with Crippen molar-refractivity contribution in [1.29, 1.82) is 0 Å². The Kier molecular flexibility index (Phi) is 2.84. The van der Waals surface area contributed by atoms with E-state index < -0.39 is 0 Å². The molecule has 1 aliphatic rings. The molecule has 0 amide bonds. The van der Waals surface area contributed by atoms with Gasteiger partial charge in [0.05, 0.1) is 0 Å². The third-order valence-corrected chi connectivity index (χ3v) is 1.57. The van der Waals surface area contributed by atoms with Crippen LogP contribution in [0.1, 0.15) is 13.3 Å². The first-order valence-corrected chi connectivity index (χ1v) is 3.80. The van der Waals surface area contributed by atoms with Gasteiger partial charge in [0.15, 0.2) is 0 Å². The highest BCUT2D eigenvalue weighted by atomic mass is 16.1. The van der Waals surface area contributed by atoms with Gasteiger partial charge in [-0.3, -0.25) is 4.79 Å². The second kappa shape index (κ2) is 3.91. The first kappa shape index (κ1) is 7.99. The van der Waals surface area contributed by atoms with Gasteiger partial charge in [-0.15, -0.1) is 0 Å². The molecule has 1 rings (SSSR count). The number of Topliss-reactive ketones (excluding diaryl/α,β-unsaturated/α-hetero) is 1. The van der Waals surface area contributed by atoms with E-state index in [9.17, 15) is 4.79 Å². The van der Waals surface area contributed by atoms with E-state index in [0.717, 1.165) is 0 Å². The van der Waals surface area contributed by atoms with Crippen molar-refractivity contribution in [2.45, 2.75) is 13.3 Å². The normalized spacial score (nSPS) is 16.8. The summed E-state index contributed by atoms with van der Waals surface area (Å²) in [7, 11) is 0. The van der Waals surface area contributed by atoms with E-state index in [1.807, 2.05) is 36.5 Å². The zero-order valence-electron chi connectivity index (χ0n) is 6.66. The molecule has 0 saturated carbocycles. The fourth-order valence-electron chi connectivity index (χ4n) is 1.07. The highest BCUT2D eigenvalue weighted by Gasteiger charge is 2.03. The van der Waals surface area contributed by atoms with E-state index in [2.05, 4.69) is 0 Å². The van der Waals surface area contributed by atoms with Crippen molar-refractivity contribution >= 4 is 5.78 Å². The minimum absolute atomic E-state index is 0.242. The summed E-state index contributed by atoms with van der Waals surface area (Å²) in [6, 6.07) is 0. The van der Waals surface area contributed by atoms with Crippen LogP contribution in [-0.2, 0) is 4.79 Å². The number of hydrogen-bond donors (Lipinski definition) is 0. The highest BCUT2D eigenvalue weighted by Crippen LogP contribution is 2.10. The van der Waals surface area contributed by atoms with E-state index >= 15 is 0 Å². The first-order valence-electron chi connectivity index (χ1n) is 3.80. The van der Waals surface area contributed by atoms with Crippen molar-refractivity contribution in [3.8, 4) is 0 Å². The maximum Gasteiger partial charge on any atom is 0.130 e. The minimum Gasteiger partial charge on any atom is -0.300 e. The van der Waals surface area contributed by atoms with Gasteiger partial charge in [-0.1, -0.05) is 36.5 Å². The Morgan fingerprint density at radius 2 is 1.73 bits per heavy atom. The van der Waals surface area contributed by atoms with E-state index in [1.54, 1.807) is 6.92 Å². The lowest BCUT2D eigenvalue weighted by Crippen LogP contribution is -1.99. The number of allylic oxidation sites excluding steroid dienone is 6. The summed E-state index contributed by atoms with van der Waals surface area (Å²) in [5.74, 6) is 0.536. The van der Waals surface area contributed by atoms with Crippen molar-refractivity contribution in [3.05, 3.63) is 36.5 Å². The van der Waals surface area contributed by atoms with Gasteiger partial charge in [-0.05, 0) is 6.92 Å². The van der Waals surface area contributed by atoms with Crippen LogP contribution in [0, 0.1) is 5.92 Å². The Bertz CT molecular complexity index is 205. The molecule has 1 aliphatic carbocycles. The van der Waals surface area contributed by atoms with E-state index in [-0.39, 0.29) is 5.78 Å². The van der Waals surface area contributed by atoms with Gasteiger partial charge in [0.1, 0.15) is 5.78 Å². The van der Waals surface area contributed by atoms with Crippen LogP contribution >= 0.6 is 0 Å². The molecule has 0 bridgehead atoms. The van der Waals surface area contributed by atoms with Crippen LogP contribution in [-0.4, -0.2) is 5.78 Å². The zero-order valence-corrected chi connectivity index (χ0v) is 6.66. The van der Waals surface area contributed by atoms with Gasteiger partial charge < -0.3 is 0 Å². The number of ketones is 1. The van der Waals surface area contributed by atoms with Gasteiger partial charge in [0.2, 0.25) is 0 Å². The third kappa shape index (κ3) is 2.99. The van der Waals surface area contributed by atoms with Crippen molar-refractivity contribution in [3.63, 3.8) is 0 Å². The van der Waals surface area contributed by atoms with Gasteiger partial charge in [0.25, 0.3) is 0 Å². The summed E-state index contributed by atoms with van der Waals surface area (Å²) in [5.41, 5.74) is 0. The van der Waals surface area contributed by atoms with Gasteiger partial charge in [-0.2, -0.15) is 0 Å². The maximum absolute atomic E-state index is 10.7. The van der Waals surface area contributed by atoms with Crippen LogP contribution in [0.5, 0.6) is 0 Å². The molecule has 1 heteroatoms. The average molecular weight is 148 g/mol. The third-order valence-electron chi connectivity index (χ3n) is 1.57. The van der Waals surface area contributed by atoms with E-state index in [4.69, 9.17) is 0 Å². The Labute approximate surface area is 67.1 Å². The van der Waals surface area contributed by atoms with E-state index in [1.165, 1.54) is 0 Å². The summed E-state index contributed by atoms with van der Waals surface area (Å²) in [6.45, 7) is 1.62. The molecule has 0 aromatic rings. The van der Waals surface area contributed by atoms with E-state index in [0.29, 0.717) is 12.3 Å². The molecule has 0 fully saturated rings. The molecule has 0 aromatic carbocycles. The van der Waals surface area contributed by atoms with Crippen LogP contribution in [0.15, 0.2) is 36.5 Å². The van der Waals surface area contributed by atoms with Crippen LogP contribution in [0.25, 0.3) is 0 Å². The number of rotatable bonds is 2. The Morgan fingerprint density at radius 3 is 2.18 bits per heavy atom. The van der Waals surface area contributed by atoms with Crippen LogP contribution in [0.3, 0.4) is 0 Å². The smallest absolute Gasteiger partial charge is 0.130 e. The lowest BCUT2D eigenvalue weighted by Gasteiger charge is -2.01. The molecular formula is C10H12O. The lowest BCUT2D eigenvalue weighted by molar-refractivity contribution is -0.117. The van der Waals surface area contributed by atoms with Crippen LogP contribution in [0.2, 0.25) is 0 Å². The molecule has 0 atom stereocenters. The van der Waals surface area contributed by atoms with Gasteiger partial charge in [0, 0.05) is 12.3 Å². The van der Waals surface area contributed by atoms with Crippen LogP contribution in [0.4, 0.5) is 0 Å². The molecule has 0 spiro atoms. The lowest BCUT2D eigenvalue weighted by atomic mass is 10.0. The fourth-order valence-corrected chi connectivity index (χ4v) is 1.07. The Balaban J connectivity index is 2.53. The molecule has 0 aromatic heterocycles. The van der Waals surface area contributed by atoms with Crippen molar-refractivity contribution in [2.75, 3.05) is 0 Å². The maximum atomic E-state index is 10.7. The largest absolute Gasteiger partial charge is 0.300 e. The highest BCUT2D eigenvalue weighted by molar-refractivity contribution is 5.76. The predicted molar refractivity (Wildman–Crippen MR) is 46.2 cm³/mol. The van der Waals surface area contributed by atoms with Gasteiger partial charge >= 0.3 is 0 Å². The SMILES string of the molecule is CC(=O)CC1C=CC=CC=C1. The topological polar surface area (TPSA) is 17.1 Å². The molecule has 1 nitrogen and oxygen atoms in total. The standard InChI is InChI=1S/C10H12O/c1-9(11)8-10-6-4-2-3-5-7-10/h2-7,10H,8H2,1H3. The minimum atomic E-state index is 0.242. The second-order valence-corrected chi connectivity index (χ2v) is 2.72. The zero-order chi connectivity index (χ0) is 8.10. The molecular weight excluding hydrogens is 136 g/mol. The summed E-state index contributed by atoms with van der Waals surface area (Å²) < 4.78 is 0.